The number of hydrogen-bond donors (Lipinski definition) is 0. The largest absolute Gasteiger partial charge is 0.0616 e. The molecule has 0 saturated heterocycles. The molecule has 23 heavy (non-hydrogen) atoms. The topological polar surface area (TPSA) is 0 Å². The van der Waals surface area contributed by atoms with E-state index in [0.29, 0.717) is 0 Å². The Kier molecular flexibility index (Phi) is 4.43. The quantitative estimate of drug-likeness (QED) is 0.343. The first-order valence-electron chi connectivity index (χ1n) is 8.05. The van der Waals surface area contributed by atoms with Crippen molar-refractivity contribution in [3.05, 3.63) is 95.6 Å². The Balaban J connectivity index is 0.000000136. The van der Waals surface area contributed by atoms with Gasteiger partial charge in [0.1, 0.15) is 0 Å². The molecule has 0 N–H and O–H groups in total. The van der Waals surface area contributed by atoms with Crippen molar-refractivity contribution in [2.45, 2.75) is 20.8 Å². The summed E-state index contributed by atoms with van der Waals surface area (Å²) in [6.45, 7) is 6.42. The number of hydrogen-bond acceptors (Lipinski definition) is 0. The number of aryl methyl sites for hydroxylation is 3. The Morgan fingerprint density at radius 2 is 1.09 bits per heavy atom. The predicted molar refractivity (Wildman–Crippen MR) is 102 cm³/mol. The first kappa shape index (κ1) is 15.3. The van der Waals surface area contributed by atoms with Crippen LogP contribution in [0.4, 0.5) is 0 Å². The minimum atomic E-state index is 1.32. The third-order valence-corrected chi connectivity index (χ3v) is 4.12. The monoisotopic (exact) mass is 298 g/mol. The molecule has 0 bridgehead atoms. The third-order valence-electron chi connectivity index (χ3n) is 4.12. The molecule has 0 aliphatic heterocycles. The van der Waals surface area contributed by atoms with Gasteiger partial charge in [0.25, 0.3) is 0 Å². The number of benzene rings is 4. The second-order valence-corrected chi connectivity index (χ2v) is 6.15. The van der Waals surface area contributed by atoms with Gasteiger partial charge in [-0.3, -0.25) is 0 Å². The van der Waals surface area contributed by atoms with Gasteiger partial charge in [0.15, 0.2) is 0 Å². The fourth-order valence-electron chi connectivity index (χ4n) is 3.00. The number of fused-ring (bicyclic) bond motifs is 2. The molecule has 0 atom stereocenters. The van der Waals surface area contributed by atoms with Crippen LogP contribution in [-0.4, -0.2) is 0 Å². The minimum absolute atomic E-state index is 1.32. The average Bonchev–Trinajstić information content (AvgIpc) is 2.55. The van der Waals surface area contributed by atoms with E-state index in [-0.39, 0.29) is 0 Å². The summed E-state index contributed by atoms with van der Waals surface area (Å²) in [5, 5.41) is 5.35. The molecule has 0 spiro atoms. The van der Waals surface area contributed by atoms with E-state index in [2.05, 4.69) is 99.6 Å². The van der Waals surface area contributed by atoms with Crippen molar-refractivity contribution in [1.29, 1.82) is 0 Å². The van der Waals surface area contributed by atoms with Crippen LogP contribution in [0, 0.1) is 20.8 Å². The summed E-state index contributed by atoms with van der Waals surface area (Å²) in [7, 11) is 0. The van der Waals surface area contributed by atoms with Crippen LogP contribution >= 0.6 is 0 Å². The van der Waals surface area contributed by atoms with Crippen molar-refractivity contribution >= 4 is 21.5 Å². The second kappa shape index (κ2) is 6.66. The lowest BCUT2D eigenvalue weighted by molar-refractivity contribution is 1.43. The third kappa shape index (κ3) is 3.60. The van der Waals surface area contributed by atoms with Gasteiger partial charge < -0.3 is 0 Å². The fourth-order valence-corrected chi connectivity index (χ4v) is 3.00. The summed E-state index contributed by atoms with van der Waals surface area (Å²) in [6.07, 6.45) is 0. The van der Waals surface area contributed by atoms with Gasteiger partial charge in [-0.2, -0.15) is 0 Å². The molecule has 0 heterocycles. The highest BCUT2D eigenvalue weighted by Crippen LogP contribution is 2.19. The summed E-state index contributed by atoms with van der Waals surface area (Å²) in [6, 6.07) is 27.9. The molecule has 0 nitrogen and oxygen atoms in total. The van der Waals surface area contributed by atoms with E-state index >= 15 is 0 Å². The molecule has 0 aliphatic rings. The second-order valence-electron chi connectivity index (χ2n) is 6.15. The van der Waals surface area contributed by atoms with Crippen LogP contribution in [-0.2, 0) is 0 Å². The lowest BCUT2D eigenvalue weighted by atomic mass is 10.0. The van der Waals surface area contributed by atoms with Crippen LogP contribution in [0.3, 0.4) is 0 Å². The van der Waals surface area contributed by atoms with Gasteiger partial charge in [-0.05, 0) is 47.9 Å². The summed E-state index contributed by atoms with van der Waals surface area (Å²) in [5.41, 5.74) is 4.03. The van der Waals surface area contributed by atoms with Crippen LogP contribution in [0.15, 0.2) is 78.9 Å². The molecular weight excluding hydrogens is 276 g/mol. The zero-order valence-corrected chi connectivity index (χ0v) is 14.0. The molecular formula is C23H22. The molecule has 0 aromatic heterocycles. The van der Waals surface area contributed by atoms with E-state index in [1.807, 2.05) is 0 Å². The first-order valence-corrected chi connectivity index (χ1v) is 8.05. The summed E-state index contributed by atoms with van der Waals surface area (Å²) < 4.78 is 0. The molecule has 0 amide bonds. The van der Waals surface area contributed by atoms with E-state index in [9.17, 15) is 0 Å². The van der Waals surface area contributed by atoms with Crippen LogP contribution in [0.1, 0.15) is 16.7 Å². The molecule has 0 fully saturated rings. The maximum absolute atomic E-state index is 2.22. The zero-order chi connectivity index (χ0) is 16.2. The Morgan fingerprint density at radius 1 is 0.478 bits per heavy atom. The van der Waals surface area contributed by atoms with Crippen molar-refractivity contribution in [3.8, 4) is 0 Å². The molecule has 4 rings (SSSR count). The van der Waals surface area contributed by atoms with Crippen molar-refractivity contribution in [2.75, 3.05) is 0 Å². The maximum Gasteiger partial charge on any atom is -0.0155 e. The van der Waals surface area contributed by atoms with E-state index in [1.165, 1.54) is 38.2 Å². The fraction of sp³-hybridized carbons (Fsp3) is 0.130. The van der Waals surface area contributed by atoms with Crippen LogP contribution in [0.5, 0.6) is 0 Å². The van der Waals surface area contributed by atoms with Crippen LogP contribution in [0.2, 0.25) is 0 Å². The zero-order valence-electron chi connectivity index (χ0n) is 14.0. The Morgan fingerprint density at radius 3 is 1.87 bits per heavy atom. The van der Waals surface area contributed by atoms with Crippen molar-refractivity contribution in [1.82, 2.24) is 0 Å². The van der Waals surface area contributed by atoms with Crippen molar-refractivity contribution < 1.29 is 0 Å². The SMILES string of the molecule is Cc1cc(C)c2ccccc2c1.Cc1ccc2ccccc2c1. The summed E-state index contributed by atoms with van der Waals surface area (Å²) in [4.78, 5) is 0. The minimum Gasteiger partial charge on any atom is -0.0616 e. The molecule has 114 valence electrons. The van der Waals surface area contributed by atoms with Crippen molar-refractivity contribution in [3.63, 3.8) is 0 Å². The lowest BCUT2D eigenvalue weighted by Crippen LogP contribution is -1.80. The van der Waals surface area contributed by atoms with E-state index in [1.54, 1.807) is 0 Å². The Labute approximate surface area is 138 Å². The van der Waals surface area contributed by atoms with E-state index in [0.717, 1.165) is 0 Å². The molecule has 0 heteroatoms. The highest BCUT2D eigenvalue weighted by molar-refractivity contribution is 5.86. The lowest BCUT2D eigenvalue weighted by Gasteiger charge is -2.02. The predicted octanol–water partition coefficient (Wildman–Crippen LogP) is 6.60. The standard InChI is InChI=1S/C12H12.C11H10/c1-9-7-10(2)12-6-4-3-5-11(12)8-9;1-9-6-7-10-4-2-3-5-11(10)8-9/h3-8H,1-2H3;2-8H,1H3. The molecule has 0 aliphatic carbocycles. The number of rotatable bonds is 0. The smallest absolute Gasteiger partial charge is 0.0155 e. The highest BCUT2D eigenvalue weighted by atomic mass is 14.0. The van der Waals surface area contributed by atoms with Gasteiger partial charge >= 0.3 is 0 Å². The average molecular weight is 298 g/mol. The Bertz CT molecular complexity index is 948. The molecule has 0 unspecified atom stereocenters. The van der Waals surface area contributed by atoms with Gasteiger partial charge in [-0.15, -0.1) is 0 Å². The highest BCUT2D eigenvalue weighted by Gasteiger charge is 1.95. The summed E-state index contributed by atoms with van der Waals surface area (Å²) in [5.74, 6) is 0. The molecule has 0 radical (unpaired) electrons. The van der Waals surface area contributed by atoms with Gasteiger partial charge in [-0.25, -0.2) is 0 Å². The Hall–Kier alpha value is -2.60. The first-order chi connectivity index (χ1) is 11.1. The van der Waals surface area contributed by atoms with Crippen LogP contribution < -0.4 is 0 Å². The molecule has 0 saturated carbocycles. The molecule has 4 aromatic carbocycles. The van der Waals surface area contributed by atoms with E-state index in [4.69, 9.17) is 0 Å². The van der Waals surface area contributed by atoms with E-state index < -0.39 is 0 Å². The van der Waals surface area contributed by atoms with Crippen LogP contribution in [0.25, 0.3) is 21.5 Å². The maximum atomic E-state index is 2.22. The van der Waals surface area contributed by atoms with Crippen molar-refractivity contribution in [2.24, 2.45) is 0 Å². The van der Waals surface area contributed by atoms with Gasteiger partial charge in [0.05, 0.1) is 0 Å². The normalized spacial score (nSPS) is 10.4. The van der Waals surface area contributed by atoms with Gasteiger partial charge in [0, 0.05) is 0 Å². The van der Waals surface area contributed by atoms with Gasteiger partial charge in [0.2, 0.25) is 0 Å². The van der Waals surface area contributed by atoms with Gasteiger partial charge in [-0.1, -0.05) is 90.0 Å². The molecule has 4 aromatic rings. The summed E-state index contributed by atoms with van der Waals surface area (Å²) >= 11 is 0.